The Morgan fingerprint density at radius 3 is 2.79 bits per heavy atom. The lowest BCUT2D eigenvalue weighted by atomic mass is 9.88. The van der Waals surface area contributed by atoms with Crippen LogP contribution in [0.3, 0.4) is 0 Å². The SMILES string of the molecule is CCn1ncc(C)c1-c1c(Cl)sc(C(N)=O)c1[C@@H](CN)Cc1cccc(F)c1. The fourth-order valence-electron chi connectivity index (χ4n) is 3.50. The molecule has 2 aromatic heterocycles. The summed E-state index contributed by atoms with van der Waals surface area (Å²) < 4.78 is 16.0. The van der Waals surface area contributed by atoms with Gasteiger partial charge in [-0.3, -0.25) is 9.48 Å². The summed E-state index contributed by atoms with van der Waals surface area (Å²) in [6.45, 7) is 4.84. The Morgan fingerprint density at radius 1 is 1.43 bits per heavy atom. The van der Waals surface area contributed by atoms with E-state index < -0.39 is 5.91 Å². The number of rotatable bonds is 7. The highest BCUT2D eigenvalue weighted by atomic mass is 35.5. The second-order valence-electron chi connectivity index (χ2n) is 6.62. The molecular weight excluding hydrogens is 399 g/mol. The summed E-state index contributed by atoms with van der Waals surface area (Å²) in [6.07, 6.45) is 2.23. The van der Waals surface area contributed by atoms with Crippen LogP contribution in [0, 0.1) is 12.7 Å². The van der Waals surface area contributed by atoms with Crippen LogP contribution in [0.2, 0.25) is 4.34 Å². The number of hydrogen-bond acceptors (Lipinski definition) is 4. The predicted molar refractivity (Wildman–Crippen MR) is 111 cm³/mol. The molecule has 0 unspecified atom stereocenters. The molecule has 0 saturated heterocycles. The largest absolute Gasteiger partial charge is 0.365 e. The van der Waals surface area contributed by atoms with Crippen molar-refractivity contribution < 1.29 is 9.18 Å². The highest BCUT2D eigenvalue weighted by Crippen LogP contribution is 2.45. The number of amides is 1. The molecule has 1 amide bonds. The molecule has 5 nitrogen and oxygen atoms in total. The van der Waals surface area contributed by atoms with Crippen LogP contribution in [0.4, 0.5) is 4.39 Å². The predicted octanol–water partition coefficient (Wildman–Crippen LogP) is 4.12. The van der Waals surface area contributed by atoms with Crippen LogP contribution in [0.15, 0.2) is 30.5 Å². The fourth-order valence-corrected chi connectivity index (χ4v) is 4.89. The van der Waals surface area contributed by atoms with E-state index in [0.717, 1.165) is 33.7 Å². The molecule has 148 valence electrons. The van der Waals surface area contributed by atoms with Crippen molar-refractivity contribution >= 4 is 28.8 Å². The van der Waals surface area contributed by atoms with E-state index in [4.69, 9.17) is 23.1 Å². The van der Waals surface area contributed by atoms with Gasteiger partial charge in [0.1, 0.15) is 10.2 Å². The minimum Gasteiger partial charge on any atom is -0.365 e. The first-order chi connectivity index (χ1) is 13.4. The summed E-state index contributed by atoms with van der Waals surface area (Å²) in [4.78, 5) is 12.6. The standard InChI is InChI=1S/C20H22ClFN4OS/c1-3-26-17(11(2)10-25-26)16-15(18(20(24)27)28-19(16)21)13(9-23)7-12-5-4-6-14(22)8-12/h4-6,8,10,13H,3,7,9,23H2,1-2H3,(H2,24,27)/t13-/m1/s1. The van der Waals surface area contributed by atoms with Crippen molar-refractivity contribution in [2.24, 2.45) is 11.5 Å². The molecule has 0 fully saturated rings. The van der Waals surface area contributed by atoms with Gasteiger partial charge in [0.15, 0.2) is 0 Å². The normalized spacial score (nSPS) is 12.3. The number of aromatic nitrogens is 2. The number of primary amides is 1. The zero-order valence-electron chi connectivity index (χ0n) is 15.7. The first kappa shape index (κ1) is 20.5. The van der Waals surface area contributed by atoms with Crippen LogP contribution in [-0.2, 0) is 13.0 Å². The smallest absolute Gasteiger partial charge is 0.259 e. The molecule has 0 saturated carbocycles. The van der Waals surface area contributed by atoms with E-state index in [9.17, 15) is 9.18 Å². The number of benzene rings is 1. The Bertz CT molecular complexity index is 1010. The lowest BCUT2D eigenvalue weighted by Gasteiger charge is -2.19. The van der Waals surface area contributed by atoms with Gasteiger partial charge in [0, 0.05) is 18.0 Å². The molecule has 1 atom stereocenters. The van der Waals surface area contributed by atoms with Gasteiger partial charge >= 0.3 is 0 Å². The molecule has 2 heterocycles. The van der Waals surface area contributed by atoms with Crippen molar-refractivity contribution in [3.8, 4) is 11.3 Å². The minimum absolute atomic E-state index is 0.248. The van der Waals surface area contributed by atoms with Gasteiger partial charge < -0.3 is 11.5 Å². The number of carbonyl (C=O) groups is 1. The maximum Gasteiger partial charge on any atom is 0.259 e. The molecule has 3 aromatic rings. The van der Waals surface area contributed by atoms with Gasteiger partial charge in [0.25, 0.3) is 5.91 Å². The van der Waals surface area contributed by atoms with E-state index in [1.165, 1.54) is 12.1 Å². The molecule has 0 aliphatic heterocycles. The van der Waals surface area contributed by atoms with Crippen molar-refractivity contribution in [2.45, 2.75) is 32.7 Å². The topological polar surface area (TPSA) is 86.9 Å². The molecule has 0 radical (unpaired) electrons. The van der Waals surface area contributed by atoms with Gasteiger partial charge in [-0.2, -0.15) is 5.10 Å². The third-order valence-corrected chi connectivity index (χ3v) is 6.18. The van der Waals surface area contributed by atoms with Crippen molar-refractivity contribution in [3.05, 3.63) is 62.2 Å². The average Bonchev–Trinajstić information content (AvgIpc) is 3.19. The average molecular weight is 421 g/mol. The number of thiophene rings is 1. The second kappa shape index (κ2) is 8.43. The third-order valence-electron chi connectivity index (χ3n) is 4.75. The monoisotopic (exact) mass is 420 g/mol. The highest BCUT2D eigenvalue weighted by molar-refractivity contribution is 7.18. The Kier molecular flexibility index (Phi) is 6.17. The van der Waals surface area contributed by atoms with E-state index in [2.05, 4.69) is 5.10 Å². The molecule has 3 rings (SSSR count). The lowest BCUT2D eigenvalue weighted by Crippen LogP contribution is -2.20. The molecule has 0 bridgehead atoms. The lowest BCUT2D eigenvalue weighted by molar-refractivity contribution is 0.100. The van der Waals surface area contributed by atoms with Crippen molar-refractivity contribution in [3.63, 3.8) is 0 Å². The number of hydrogen-bond donors (Lipinski definition) is 2. The van der Waals surface area contributed by atoms with Crippen LogP contribution >= 0.6 is 22.9 Å². The molecule has 1 aromatic carbocycles. The van der Waals surface area contributed by atoms with Gasteiger partial charge in [-0.1, -0.05) is 23.7 Å². The molecule has 0 aliphatic carbocycles. The Morgan fingerprint density at radius 2 is 2.18 bits per heavy atom. The first-order valence-electron chi connectivity index (χ1n) is 8.96. The van der Waals surface area contributed by atoms with E-state index in [1.54, 1.807) is 12.3 Å². The summed E-state index contributed by atoms with van der Waals surface area (Å²) in [7, 11) is 0. The van der Waals surface area contributed by atoms with E-state index in [1.807, 2.05) is 24.6 Å². The highest BCUT2D eigenvalue weighted by Gasteiger charge is 2.29. The zero-order chi connectivity index (χ0) is 20.4. The van der Waals surface area contributed by atoms with Crippen LogP contribution in [-0.4, -0.2) is 22.2 Å². The second-order valence-corrected chi connectivity index (χ2v) is 8.24. The Balaban J connectivity index is 2.19. The number of carbonyl (C=O) groups excluding carboxylic acids is 1. The van der Waals surface area contributed by atoms with E-state index in [0.29, 0.717) is 27.7 Å². The maximum atomic E-state index is 13.7. The molecule has 8 heteroatoms. The Hall–Kier alpha value is -2.22. The van der Waals surface area contributed by atoms with Gasteiger partial charge in [-0.15, -0.1) is 11.3 Å². The van der Waals surface area contributed by atoms with Crippen molar-refractivity contribution in [2.75, 3.05) is 6.54 Å². The quantitative estimate of drug-likeness (QED) is 0.602. The fraction of sp³-hybridized carbons (Fsp3) is 0.300. The van der Waals surface area contributed by atoms with Crippen LogP contribution < -0.4 is 11.5 Å². The van der Waals surface area contributed by atoms with E-state index >= 15 is 0 Å². The number of nitrogens with zero attached hydrogens (tertiary/aromatic N) is 2. The third kappa shape index (κ3) is 3.83. The molecule has 0 aliphatic rings. The number of aryl methyl sites for hydroxylation is 2. The van der Waals surface area contributed by atoms with Gasteiger partial charge in [-0.25, -0.2) is 4.39 Å². The van der Waals surface area contributed by atoms with Gasteiger partial charge in [-0.05, 0) is 55.6 Å². The zero-order valence-corrected chi connectivity index (χ0v) is 17.3. The van der Waals surface area contributed by atoms with Crippen molar-refractivity contribution in [1.82, 2.24) is 9.78 Å². The minimum atomic E-state index is -0.550. The molecule has 28 heavy (non-hydrogen) atoms. The van der Waals surface area contributed by atoms with Crippen LogP contribution in [0.25, 0.3) is 11.3 Å². The molecule has 4 N–H and O–H groups in total. The maximum absolute atomic E-state index is 13.7. The van der Waals surface area contributed by atoms with E-state index in [-0.39, 0.29) is 18.3 Å². The Labute approximate surface area is 172 Å². The molecular formula is C20H22ClFN4OS. The van der Waals surface area contributed by atoms with Gasteiger partial charge in [0.05, 0.1) is 16.8 Å². The first-order valence-corrected chi connectivity index (χ1v) is 10.2. The van der Waals surface area contributed by atoms with Gasteiger partial charge in [0.2, 0.25) is 0 Å². The summed E-state index contributed by atoms with van der Waals surface area (Å²) in [5, 5.41) is 4.39. The number of nitrogens with two attached hydrogens (primary N) is 2. The summed E-state index contributed by atoms with van der Waals surface area (Å²) >= 11 is 7.74. The van der Waals surface area contributed by atoms with Crippen LogP contribution in [0.5, 0.6) is 0 Å². The summed E-state index contributed by atoms with van der Waals surface area (Å²) in [5.74, 6) is -1.11. The summed E-state index contributed by atoms with van der Waals surface area (Å²) in [5.41, 5.74) is 15.8. The number of halogens is 2. The van der Waals surface area contributed by atoms with Crippen LogP contribution in [0.1, 0.15) is 39.2 Å². The summed E-state index contributed by atoms with van der Waals surface area (Å²) in [6, 6.07) is 6.36. The van der Waals surface area contributed by atoms with Crippen molar-refractivity contribution in [1.29, 1.82) is 0 Å². The molecule has 0 spiro atoms.